The Kier molecular flexibility index (Phi) is 4.13. The average Bonchev–Trinajstić information content (AvgIpc) is 2.15. The zero-order valence-electron chi connectivity index (χ0n) is 8.18. The minimum atomic E-state index is 0.966. The Labute approximate surface area is 76.4 Å². The van der Waals surface area contributed by atoms with Gasteiger partial charge < -0.3 is 0 Å². The third kappa shape index (κ3) is 2.84. The maximum Gasteiger partial charge on any atom is -0.0279 e. The van der Waals surface area contributed by atoms with Crippen LogP contribution in [0.4, 0.5) is 0 Å². The molecule has 0 N–H and O–H groups in total. The summed E-state index contributed by atoms with van der Waals surface area (Å²) in [5.74, 6) is 0.966. The molecule has 1 aliphatic rings. The van der Waals surface area contributed by atoms with Crippen molar-refractivity contribution in [2.75, 3.05) is 0 Å². The third-order valence-corrected chi connectivity index (χ3v) is 2.78. The van der Waals surface area contributed by atoms with E-state index in [1.54, 1.807) is 0 Å². The van der Waals surface area contributed by atoms with Gasteiger partial charge in [-0.15, -0.1) is 0 Å². The van der Waals surface area contributed by atoms with Crippen molar-refractivity contribution in [1.29, 1.82) is 0 Å². The number of hydrogen-bond donors (Lipinski definition) is 0. The van der Waals surface area contributed by atoms with Crippen LogP contribution in [0.2, 0.25) is 0 Å². The van der Waals surface area contributed by atoms with Crippen molar-refractivity contribution in [1.82, 2.24) is 0 Å². The van der Waals surface area contributed by atoms with Gasteiger partial charge in [0.15, 0.2) is 0 Å². The van der Waals surface area contributed by atoms with Crippen LogP contribution in [0.15, 0.2) is 24.3 Å². The summed E-state index contributed by atoms with van der Waals surface area (Å²) in [4.78, 5) is 0. The molecule has 12 heavy (non-hydrogen) atoms. The predicted octanol–water partition coefficient (Wildman–Crippen LogP) is 4.09. The van der Waals surface area contributed by atoms with E-state index < -0.39 is 0 Å². The van der Waals surface area contributed by atoms with Crippen LogP contribution >= 0.6 is 0 Å². The first-order valence-electron chi connectivity index (χ1n) is 5.18. The van der Waals surface area contributed by atoms with E-state index >= 15 is 0 Å². The summed E-state index contributed by atoms with van der Waals surface area (Å²) in [6, 6.07) is 0. The molecule has 0 saturated carbocycles. The SMILES string of the molecule is C=CC1=CCC(CCCC)CC1. The van der Waals surface area contributed by atoms with E-state index in [0.717, 1.165) is 5.92 Å². The van der Waals surface area contributed by atoms with Crippen LogP contribution in [-0.4, -0.2) is 0 Å². The first-order chi connectivity index (χ1) is 5.86. The molecule has 1 rings (SSSR count). The molecule has 0 saturated heterocycles. The zero-order valence-corrected chi connectivity index (χ0v) is 8.18. The highest BCUT2D eigenvalue weighted by Crippen LogP contribution is 2.27. The zero-order chi connectivity index (χ0) is 8.81. The van der Waals surface area contributed by atoms with Gasteiger partial charge >= 0.3 is 0 Å². The van der Waals surface area contributed by atoms with Crippen LogP contribution in [0.3, 0.4) is 0 Å². The van der Waals surface area contributed by atoms with Gasteiger partial charge in [0, 0.05) is 0 Å². The summed E-state index contributed by atoms with van der Waals surface area (Å²) >= 11 is 0. The highest BCUT2D eigenvalue weighted by molar-refractivity contribution is 5.18. The maximum atomic E-state index is 3.80. The fourth-order valence-corrected chi connectivity index (χ4v) is 1.85. The van der Waals surface area contributed by atoms with E-state index in [1.807, 2.05) is 6.08 Å². The summed E-state index contributed by atoms with van der Waals surface area (Å²) in [7, 11) is 0. The van der Waals surface area contributed by atoms with Crippen molar-refractivity contribution in [3.8, 4) is 0 Å². The van der Waals surface area contributed by atoms with Crippen LogP contribution in [0.1, 0.15) is 45.4 Å². The molecule has 0 bridgehead atoms. The van der Waals surface area contributed by atoms with Crippen LogP contribution < -0.4 is 0 Å². The van der Waals surface area contributed by atoms with Crippen molar-refractivity contribution >= 4 is 0 Å². The molecule has 0 aliphatic heterocycles. The Morgan fingerprint density at radius 3 is 3.00 bits per heavy atom. The number of allylic oxidation sites excluding steroid dienone is 3. The van der Waals surface area contributed by atoms with Crippen molar-refractivity contribution in [2.24, 2.45) is 5.92 Å². The fourth-order valence-electron chi connectivity index (χ4n) is 1.85. The molecule has 1 aliphatic carbocycles. The van der Waals surface area contributed by atoms with Crippen molar-refractivity contribution in [3.05, 3.63) is 24.3 Å². The first kappa shape index (κ1) is 9.57. The van der Waals surface area contributed by atoms with Crippen LogP contribution in [-0.2, 0) is 0 Å². The van der Waals surface area contributed by atoms with Gasteiger partial charge in [-0.05, 0) is 25.2 Å². The van der Waals surface area contributed by atoms with Crippen molar-refractivity contribution < 1.29 is 0 Å². The summed E-state index contributed by atoms with van der Waals surface area (Å²) < 4.78 is 0. The lowest BCUT2D eigenvalue weighted by molar-refractivity contribution is 0.424. The normalized spacial score (nSPS) is 23.4. The lowest BCUT2D eigenvalue weighted by Gasteiger charge is -2.19. The Bertz CT molecular complexity index is 165. The van der Waals surface area contributed by atoms with Gasteiger partial charge in [-0.3, -0.25) is 0 Å². The standard InChI is InChI=1S/C12H20/c1-3-5-6-12-9-7-11(4-2)8-10-12/h4,7,12H,2-3,5-6,8-10H2,1H3. The number of unbranched alkanes of at least 4 members (excludes halogenated alkanes) is 1. The highest BCUT2D eigenvalue weighted by atomic mass is 14.2. The van der Waals surface area contributed by atoms with Crippen molar-refractivity contribution in [2.45, 2.75) is 45.4 Å². The molecule has 0 nitrogen and oxygen atoms in total. The van der Waals surface area contributed by atoms with Gasteiger partial charge in [0.2, 0.25) is 0 Å². The van der Waals surface area contributed by atoms with Crippen LogP contribution in [0, 0.1) is 5.92 Å². The number of hydrogen-bond acceptors (Lipinski definition) is 0. The molecule has 1 unspecified atom stereocenters. The molecule has 0 aromatic heterocycles. The molecule has 0 aromatic rings. The highest BCUT2D eigenvalue weighted by Gasteiger charge is 2.11. The van der Waals surface area contributed by atoms with E-state index in [9.17, 15) is 0 Å². The lowest BCUT2D eigenvalue weighted by atomic mass is 9.86. The van der Waals surface area contributed by atoms with Crippen LogP contribution in [0.5, 0.6) is 0 Å². The second-order valence-electron chi connectivity index (χ2n) is 3.77. The molecular weight excluding hydrogens is 144 g/mol. The van der Waals surface area contributed by atoms with E-state index in [2.05, 4.69) is 19.6 Å². The van der Waals surface area contributed by atoms with Gasteiger partial charge in [0.25, 0.3) is 0 Å². The molecule has 0 amide bonds. The second-order valence-corrected chi connectivity index (χ2v) is 3.77. The van der Waals surface area contributed by atoms with Crippen molar-refractivity contribution in [3.63, 3.8) is 0 Å². The molecule has 0 fully saturated rings. The molecule has 0 heterocycles. The average molecular weight is 164 g/mol. The van der Waals surface area contributed by atoms with E-state index in [4.69, 9.17) is 0 Å². The van der Waals surface area contributed by atoms with Gasteiger partial charge in [-0.2, -0.15) is 0 Å². The topological polar surface area (TPSA) is 0 Å². The Morgan fingerprint density at radius 1 is 1.67 bits per heavy atom. The van der Waals surface area contributed by atoms with E-state index in [1.165, 1.54) is 44.1 Å². The summed E-state index contributed by atoms with van der Waals surface area (Å²) in [6.45, 7) is 6.07. The quantitative estimate of drug-likeness (QED) is 0.587. The Balaban J connectivity index is 2.26. The van der Waals surface area contributed by atoms with E-state index in [0.29, 0.717) is 0 Å². The molecule has 68 valence electrons. The van der Waals surface area contributed by atoms with Gasteiger partial charge in [0.05, 0.1) is 0 Å². The summed E-state index contributed by atoms with van der Waals surface area (Å²) in [6.07, 6.45) is 12.5. The third-order valence-electron chi connectivity index (χ3n) is 2.78. The minimum Gasteiger partial charge on any atom is -0.0988 e. The monoisotopic (exact) mass is 164 g/mol. The van der Waals surface area contributed by atoms with Gasteiger partial charge in [-0.25, -0.2) is 0 Å². The van der Waals surface area contributed by atoms with E-state index in [-0.39, 0.29) is 0 Å². The fraction of sp³-hybridized carbons (Fsp3) is 0.667. The lowest BCUT2D eigenvalue weighted by Crippen LogP contribution is -2.04. The smallest absolute Gasteiger partial charge is 0.0279 e. The summed E-state index contributed by atoms with van der Waals surface area (Å²) in [5.41, 5.74) is 1.46. The van der Waals surface area contributed by atoms with Gasteiger partial charge in [-0.1, -0.05) is 50.5 Å². The molecule has 0 heteroatoms. The largest absolute Gasteiger partial charge is 0.0988 e. The molecular formula is C12H20. The summed E-state index contributed by atoms with van der Waals surface area (Å²) in [5, 5.41) is 0. The molecule has 0 radical (unpaired) electrons. The first-order valence-corrected chi connectivity index (χ1v) is 5.18. The Hall–Kier alpha value is -0.520. The molecule has 0 aromatic carbocycles. The molecule has 1 atom stereocenters. The van der Waals surface area contributed by atoms with Gasteiger partial charge in [0.1, 0.15) is 0 Å². The van der Waals surface area contributed by atoms with Crippen LogP contribution in [0.25, 0.3) is 0 Å². The number of rotatable bonds is 4. The maximum absolute atomic E-state index is 3.80. The predicted molar refractivity (Wildman–Crippen MR) is 55.1 cm³/mol. The molecule has 0 spiro atoms. The second kappa shape index (κ2) is 5.18. The Morgan fingerprint density at radius 2 is 2.50 bits per heavy atom. The minimum absolute atomic E-state index is 0.966.